The van der Waals surface area contributed by atoms with Crippen molar-refractivity contribution >= 4 is 23.7 Å². The molecule has 4 atom stereocenters. The number of hydrogen-bond acceptors (Lipinski definition) is 7. The summed E-state index contributed by atoms with van der Waals surface area (Å²) >= 11 is 1.34. The van der Waals surface area contributed by atoms with E-state index in [9.17, 15) is 14.7 Å². The minimum Gasteiger partial charge on any atom is -0.452 e. The third-order valence-electron chi connectivity index (χ3n) is 4.95. The number of ether oxygens (including phenoxy) is 3. The van der Waals surface area contributed by atoms with E-state index in [1.54, 1.807) is 60.7 Å². The average Bonchev–Trinajstić information content (AvgIpc) is 3.16. The van der Waals surface area contributed by atoms with Crippen LogP contribution in [0.5, 0.6) is 0 Å². The maximum Gasteiger partial charge on any atom is 0.338 e. The zero-order chi connectivity index (χ0) is 22.3. The number of benzene rings is 3. The highest BCUT2D eigenvalue weighted by Gasteiger charge is 2.50. The Kier molecular flexibility index (Phi) is 7.21. The van der Waals surface area contributed by atoms with Gasteiger partial charge < -0.3 is 19.3 Å². The van der Waals surface area contributed by atoms with Crippen LogP contribution in [0, 0.1) is 0 Å². The lowest BCUT2D eigenvalue weighted by Gasteiger charge is -2.24. The number of esters is 2. The van der Waals surface area contributed by atoms with Gasteiger partial charge in [0.05, 0.1) is 17.7 Å². The standard InChI is InChI=1S/C25H22O6S/c26-16-20-21(30-23(27)17-10-4-1-5-11-17)22(31-24(28)18-12-6-2-7-13-18)25(29-20)32-19-14-8-3-9-15-19/h1-15,20-22,25-26H,16H2/t20-,21?,22-,25-/m0/s1. The van der Waals surface area contributed by atoms with Gasteiger partial charge in [0.2, 0.25) is 0 Å². The topological polar surface area (TPSA) is 82.1 Å². The Morgan fingerprint density at radius 1 is 0.750 bits per heavy atom. The van der Waals surface area contributed by atoms with Crippen LogP contribution in [-0.2, 0) is 14.2 Å². The van der Waals surface area contributed by atoms with Crippen LogP contribution in [-0.4, -0.2) is 47.4 Å². The van der Waals surface area contributed by atoms with E-state index in [0.717, 1.165) is 4.90 Å². The molecule has 1 fully saturated rings. The van der Waals surface area contributed by atoms with Gasteiger partial charge in [0.1, 0.15) is 11.5 Å². The first-order chi connectivity index (χ1) is 15.7. The molecule has 1 saturated heterocycles. The van der Waals surface area contributed by atoms with E-state index >= 15 is 0 Å². The minimum atomic E-state index is -0.971. The summed E-state index contributed by atoms with van der Waals surface area (Å²) in [5.74, 6) is -1.14. The van der Waals surface area contributed by atoms with Crippen LogP contribution in [0.4, 0.5) is 0 Å². The molecule has 164 valence electrons. The number of carbonyl (C=O) groups excluding carboxylic acids is 2. The maximum atomic E-state index is 12.8. The first-order valence-corrected chi connectivity index (χ1v) is 11.0. The van der Waals surface area contributed by atoms with Gasteiger partial charge in [-0.25, -0.2) is 9.59 Å². The molecular weight excluding hydrogens is 428 g/mol. The van der Waals surface area contributed by atoms with Crippen molar-refractivity contribution in [2.24, 2.45) is 0 Å². The first kappa shape index (κ1) is 22.1. The third-order valence-corrected chi connectivity index (χ3v) is 6.10. The molecule has 6 nitrogen and oxygen atoms in total. The smallest absolute Gasteiger partial charge is 0.338 e. The lowest BCUT2D eigenvalue weighted by atomic mass is 10.1. The van der Waals surface area contributed by atoms with Gasteiger partial charge in [-0.15, -0.1) is 0 Å². The van der Waals surface area contributed by atoms with Crippen LogP contribution < -0.4 is 0 Å². The summed E-state index contributed by atoms with van der Waals surface area (Å²) in [5, 5.41) is 9.91. The number of carbonyl (C=O) groups is 2. The van der Waals surface area contributed by atoms with E-state index in [1.807, 2.05) is 30.3 Å². The van der Waals surface area contributed by atoms with E-state index in [4.69, 9.17) is 14.2 Å². The second-order valence-corrected chi connectivity index (χ2v) is 8.30. The average molecular weight is 451 g/mol. The van der Waals surface area contributed by atoms with E-state index in [1.165, 1.54) is 11.8 Å². The van der Waals surface area contributed by atoms with Gasteiger partial charge >= 0.3 is 11.9 Å². The number of aliphatic hydroxyl groups is 1. The van der Waals surface area contributed by atoms with Crippen molar-refractivity contribution in [3.63, 3.8) is 0 Å². The zero-order valence-corrected chi connectivity index (χ0v) is 17.9. The second-order valence-electron chi connectivity index (χ2n) is 7.13. The van der Waals surface area contributed by atoms with E-state index < -0.39 is 42.3 Å². The monoisotopic (exact) mass is 450 g/mol. The number of aliphatic hydroxyl groups excluding tert-OH is 1. The fraction of sp³-hybridized carbons (Fsp3) is 0.200. The van der Waals surface area contributed by atoms with Gasteiger partial charge in [-0.05, 0) is 36.4 Å². The first-order valence-electron chi connectivity index (χ1n) is 10.2. The molecule has 3 aromatic carbocycles. The molecule has 4 rings (SSSR count). The summed E-state index contributed by atoms with van der Waals surface area (Å²) in [6.45, 7) is -0.391. The highest BCUT2D eigenvalue weighted by molar-refractivity contribution is 7.99. The van der Waals surface area contributed by atoms with Gasteiger partial charge in [0, 0.05) is 4.90 Å². The Hall–Kier alpha value is -3.13. The fourth-order valence-electron chi connectivity index (χ4n) is 3.37. The molecule has 0 amide bonds. The van der Waals surface area contributed by atoms with Crippen molar-refractivity contribution in [2.75, 3.05) is 6.61 Å². The Bertz CT molecular complexity index is 1030. The van der Waals surface area contributed by atoms with Gasteiger partial charge in [0.25, 0.3) is 0 Å². The van der Waals surface area contributed by atoms with Crippen LogP contribution in [0.3, 0.4) is 0 Å². The predicted molar refractivity (Wildman–Crippen MR) is 119 cm³/mol. The minimum absolute atomic E-state index is 0.358. The quantitative estimate of drug-likeness (QED) is 0.546. The van der Waals surface area contributed by atoms with Crippen LogP contribution in [0.15, 0.2) is 95.9 Å². The summed E-state index contributed by atoms with van der Waals surface area (Å²) < 4.78 is 17.5. The van der Waals surface area contributed by atoms with E-state index in [2.05, 4.69) is 0 Å². The molecule has 0 aliphatic carbocycles. The zero-order valence-electron chi connectivity index (χ0n) is 17.1. The molecule has 32 heavy (non-hydrogen) atoms. The third kappa shape index (κ3) is 5.19. The lowest BCUT2D eigenvalue weighted by molar-refractivity contribution is -0.0388. The van der Waals surface area contributed by atoms with Crippen molar-refractivity contribution in [3.8, 4) is 0 Å². The Morgan fingerprint density at radius 3 is 1.72 bits per heavy atom. The molecule has 1 N–H and O–H groups in total. The SMILES string of the molecule is O=C(OC1[C@H](CO)O[C@@H](Sc2ccccc2)[C@H]1OC(=O)c1ccccc1)c1ccccc1. The molecule has 1 unspecified atom stereocenters. The molecule has 3 aromatic rings. The van der Waals surface area contributed by atoms with Gasteiger partial charge in [0.15, 0.2) is 12.2 Å². The molecule has 1 aliphatic rings. The van der Waals surface area contributed by atoms with E-state index in [0.29, 0.717) is 11.1 Å². The number of rotatable bonds is 7. The number of thioether (sulfide) groups is 1. The molecular formula is C25H22O6S. The Balaban J connectivity index is 1.59. The van der Waals surface area contributed by atoms with Crippen molar-refractivity contribution in [2.45, 2.75) is 28.6 Å². The highest BCUT2D eigenvalue weighted by Crippen LogP contribution is 2.37. The van der Waals surface area contributed by atoms with Crippen molar-refractivity contribution in [3.05, 3.63) is 102 Å². The summed E-state index contributed by atoms with van der Waals surface area (Å²) in [5.41, 5.74) is 0.0591. The van der Waals surface area contributed by atoms with Crippen molar-refractivity contribution in [1.29, 1.82) is 0 Å². The van der Waals surface area contributed by atoms with Crippen molar-refractivity contribution < 1.29 is 28.9 Å². The molecule has 0 saturated carbocycles. The summed E-state index contributed by atoms with van der Waals surface area (Å²) in [4.78, 5) is 26.4. The van der Waals surface area contributed by atoms with Gasteiger partial charge in [-0.2, -0.15) is 0 Å². The highest BCUT2D eigenvalue weighted by atomic mass is 32.2. The largest absolute Gasteiger partial charge is 0.452 e. The maximum absolute atomic E-state index is 12.8. The predicted octanol–water partition coefficient (Wildman–Crippen LogP) is 3.95. The normalized spacial score (nSPS) is 22.3. The Labute approximate surface area is 190 Å². The van der Waals surface area contributed by atoms with Crippen LogP contribution >= 0.6 is 11.8 Å². The molecule has 0 aromatic heterocycles. The van der Waals surface area contributed by atoms with Crippen LogP contribution in [0.2, 0.25) is 0 Å². The molecule has 0 radical (unpaired) electrons. The van der Waals surface area contributed by atoms with Crippen molar-refractivity contribution in [1.82, 2.24) is 0 Å². The molecule has 0 bridgehead atoms. The molecule has 1 aliphatic heterocycles. The lowest BCUT2D eigenvalue weighted by Crippen LogP contribution is -2.41. The fourth-order valence-corrected chi connectivity index (χ4v) is 4.49. The van der Waals surface area contributed by atoms with Crippen LogP contribution in [0.1, 0.15) is 20.7 Å². The Morgan fingerprint density at radius 2 is 1.22 bits per heavy atom. The summed E-state index contributed by atoms with van der Waals surface area (Å²) in [6, 6.07) is 26.6. The second kappa shape index (κ2) is 10.5. The van der Waals surface area contributed by atoms with Gasteiger partial charge in [-0.1, -0.05) is 66.4 Å². The van der Waals surface area contributed by atoms with Crippen LogP contribution in [0.25, 0.3) is 0 Å². The van der Waals surface area contributed by atoms with Gasteiger partial charge in [-0.3, -0.25) is 0 Å². The molecule has 1 heterocycles. The van der Waals surface area contributed by atoms with E-state index in [-0.39, 0.29) is 0 Å². The molecule has 7 heteroatoms. The number of hydrogen-bond donors (Lipinski definition) is 1. The molecule has 0 spiro atoms. The summed E-state index contributed by atoms with van der Waals surface area (Å²) in [7, 11) is 0. The summed E-state index contributed by atoms with van der Waals surface area (Å²) in [6.07, 6.45) is -2.73.